The van der Waals surface area contributed by atoms with Crippen LogP contribution in [0.15, 0.2) is 48.5 Å². The zero-order valence-corrected chi connectivity index (χ0v) is 16.7. The zero-order chi connectivity index (χ0) is 20.1. The van der Waals surface area contributed by atoms with Crippen LogP contribution in [0.4, 0.5) is 0 Å². The van der Waals surface area contributed by atoms with Crippen LogP contribution in [0, 0.1) is 5.92 Å². The van der Waals surface area contributed by atoms with E-state index >= 15 is 0 Å². The Morgan fingerprint density at radius 3 is 2.62 bits per heavy atom. The minimum absolute atomic E-state index is 0.0155. The highest BCUT2D eigenvalue weighted by atomic mass is 16.5. The van der Waals surface area contributed by atoms with Gasteiger partial charge in [-0.05, 0) is 67.9 Å². The number of aliphatic hydroxyl groups excluding tert-OH is 1. The van der Waals surface area contributed by atoms with Gasteiger partial charge in [0.2, 0.25) is 5.91 Å². The third-order valence-electron chi connectivity index (χ3n) is 5.91. The molecule has 5 heteroatoms. The Morgan fingerprint density at radius 2 is 1.86 bits per heavy atom. The number of benzene rings is 2. The molecule has 1 atom stereocenters. The van der Waals surface area contributed by atoms with Crippen molar-refractivity contribution in [2.24, 2.45) is 5.92 Å². The Morgan fingerprint density at radius 1 is 1.07 bits per heavy atom. The highest BCUT2D eigenvalue weighted by Gasteiger charge is 2.27. The van der Waals surface area contributed by atoms with Gasteiger partial charge in [-0.15, -0.1) is 0 Å². The molecule has 1 fully saturated rings. The standard InChI is InChI=1S/C24H29NO4/c26-15-14-25-24(27)18-6-9-20(10-7-18)28-21-11-13-23-19(16-21)8-12-22(29-23)17-4-2-1-3-5-17/h1-5,11,13,16,18,20,22,26H,6-10,12,14-15H2,(H,25,27)/t18?,20?,22-/m1/s1. The van der Waals surface area contributed by atoms with Crippen LogP contribution in [0.3, 0.4) is 0 Å². The van der Waals surface area contributed by atoms with Gasteiger partial charge in [-0.25, -0.2) is 0 Å². The average Bonchev–Trinajstić information content (AvgIpc) is 2.78. The zero-order valence-electron chi connectivity index (χ0n) is 16.7. The monoisotopic (exact) mass is 395 g/mol. The van der Waals surface area contributed by atoms with E-state index in [0.29, 0.717) is 6.54 Å². The second-order valence-electron chi connectivity index (χ2n) is 7.93. The molecule has 0 saturated heterocycles. The van der Waals surface area contributed by atoms with Gasteiger partial charge in [-0.3, -0.25) is 4.79 Å². The van der Waals surface area contributed by atoms with Crippen LogP contribution in [-0.4, -0.2) is 30.3 Å². The van der Waals surface area contributed by atoms with Gasteiger partial charge >= 0.3 is 0 Å². The van der Waals surface area contributed by atoms with E-state index in [0.717, 1.165) is 50.0 Å². The van der Waals surface area contributed by atoms with E-state index in [9.17, 15) is 4.79 Å². The van der Waals surface area contributed by atoms with Crippen molar-refractivity contribution in [1.29, 1.82) is 0 Å². The van der Waals surface area contributed by atoms with E-state index in [4.69, 9.17) is 14.6 Å². The lowest BCUT2D eigenvalue weighted by molar-refractivity contribution is -0.126. The number of fused-ring (bicyclic) bond motifs is 1. The number of ether oxygens (including phenoxy) is 2. The molecule has 0 bridgehead atoms. The molecule has 1 aliphatic heterocycles. The second-order valence-corrected chi connectivity index (χ2v) is 7.93. The van der Waals surface area contributed by atoms with E-state index in [-0.39, 0.29) is 30.6 Å². The molecular formula is C24H29NO4. The molecule has 2 aliphatic rings. The van der Waals surface area contributed by atoms with Crippen molar-refractivity contribution in [2.45, 2.75) is 50.7 Å². The number of hydrogen-bond donors (Lipinski definition) is 2. The number of carbonyl (C=O) groups excluding carboxylic acids is 1. The minimum atomic E-state index is -0.0155. The van der Waals surface area contributed by atoms with Gasteiger partial charge in [0.05, 0.1) is 12.7 Å². The summed E-state index contributed by atoms with van der Waals surface area (Å²) in [5, 5.41) is 11.6. The Labute approximate surface area is 172 Å². The Hall–Kier alpha value is -2.53. The highest BCUT2D eigenvalue weighted by molar-refractivity contribution is 5.78. The van der Waals surface area contributed by atoms with Gasteiger partial charge < -0.3 is 19.9 Å². The molecule has 1 heterocycles. The van der Waals surface area contributed by atoms with E-state index < -0.39 is 0 Å². The molecule has 1 saturated carbocycles. The van der Waals surface area contributed by atoms with Gasteiger partial charge in [0.25, 0.3) is 0 Å². The van der Waals surface area contributed by atoms with Crippen molar-refractivity contribution >= 4 is 5.91 Å². The SMILES string of the molecule is O=C(NCCO)C1CCC(Oc2ccc3c(c2)CC[C@H](c2ccccc2)O3)CC1. The van der Waals surface area contributed by atoms with E-state index in [1.165, 1.54) is 11.1 Å². The molecule has 5 nitrogen and oxygen atoms in total. The first kappa shape index (κ1) is 19.8. The first-order valence-corrected chi connectivity index (χ1v) is 10.6. The molecule has 0 radical (unpaired) electrons. The van der Waals surface area contributed by atoms with E-state index in [2.05, 4.69) is 35.6 Å². The van der Waals surface area contributed by atoms with Crippen molar-refractivity contribution in [2.75, 3.05) is 13.2 Å². The molecule has 1 aliphatic carbocycles. The fourth-order valence-corrected chi connectivity index (χ4v) is 4.30. The summed E-state index contributed by atoms with van der Waals surface area (Å²) in [5.74, 6) is 1.92. The number of nitrogens with one attached hydrogen (secondary N) is 1. The minimum Gasteiger partial charge on any atom is -0.490 e. The lowest BCUT2D eigenvalue weighted by Crippen LogP contribution is -2.36. The van der Waals surface area contributed by atoms with Crippen LogP contribution in [0.1, 0.15) is 49.3 Å². The summed E-state index contributed by atoms with van der Waals surface area (Å²) in [6, 6.07) is 16.5. The Bertz CT molecular complexity index is 815. The highest BCUT2D eigenvalue weighted by Crippen LogP contribution is 2.37. The van der Waals surface area contributed by atoms with Crippen LogP contribution >= 0.6 is 0 Å². The number of amides is 1. The molecule has 0 aromatic heterocycles. The molecule has 2 N–H and O–H groups in total. The summed E-state index contributed by atoms with van der Waals surface area (Å²) in [6.07, 6.45) is 5.61. The fraction of sp³-hybridized carbons (Fsp3) is 0.458. The first-order chi connectivity index (χ1) is 14.2. The summed E-state index contributed by atoms with van der Waals surface area (Å²) in [6.45, 7) is 0.315. The summed E-state index contributed by atoms with van der Waals surface area (Å²) in [4.78, 5) is 12.0. The van der Waals surface area contributed by atoms with Gasteiger partial charge in [0.1, 0.15) is 17.6 Å². The van der Waals surface area contributed by atoms with Crippen LogP contribution in [0.2, 0.25) is 0 Å². The third-order valence-corrected chi connectivity index (χ3v) is 5.91. The second kappa shape index (κ2) is 9.31. The summed E-state index contributed by atoms with van der Waals surface area (Å²) >= 11 is 0. The molecule has 1 amide bonds. The predicted molar refractivity (Wildman–Crippen MR) is 111 cm³/mol. The summed E-state index contributed by atoms with van der Waals surface area (Å²) in [5.41, 5.74) is 2.42. The number of rotatable bonds is 6. The summed E-state index contributed by atoms with van der Waals surface area (Å²) < 4.78 is 12.4. The summed E-state index contributed by atoms with van der Waals surface area (Å²) in [7, 11) is 0. The van der Waals surface area contributed by atoms with Gasteiger partial charge in [-0.2, -0.15) is 0 Å². The largest absolute Gasteiger partial charge is 0.490 e. The number of aliphatic hydroxyl groups is 1. The predicted octanol–water partition coefficient (Wildman–Crippen LogP) is 3.80. The molecule has 0 spiro atoms. The molecular weight excluding hydrogens is 366 g/mol. The first-order valence-electron chi connectivity index (χ1n) is 10.6. The van der Waals surface area contributed by atoms with Gasteiger partial charge in [0.15, 0.2) is 0 Å². The van der Waals surface area contributed by atoms with Crippen molar-refractivity contribution in [1.82, 2.24) is 5.32 Å². The maximum Gasteiger partial charge on any atom is 0.223 e. The molecule has 0 unspecified atom stereocenters. The lowest BCUT2D eigenvalue weighted by Gasteiger charge is -2.29. The smallest absolute Gasteiger partial charge is 0.223 e. The quantitative estimate of drug-likeness (QED) is 0.781. The van der Waals surface area contributed by atoms with Crippen molar-refractivity contribution in [3.05, 3.63) is 59.7 Å². The van der Waals surface area contributed by atoms with Crippen LogP contribution in [0.25, 0.3) is 0 Å². The van der Waals surface area contributed by atoms with Gasteiger partial charge in [0, 0.05) is 12.5 Å². The van der Waals surface area contributed by atoms with Gasteiger partial charge in [-0.1, -0.05) is 30.3 Å². The molecule has 29 heavy (non-hydrogen) atoms. The van der Waals surface area contributed by atoms with Crippen molar-refractivity contribution in [3.63, 3.8) is 0 Å². The Kier molecular flexibility index (Phi) is 6.35. The maximum atomic E-state index is 12.0. The van der Waals surface area contributed by atoms with Crippen LogP contribution in [0.5, 0.6) is 11.5 Å². The van der Waals surface area contributed by atoms with E-state index in [1.54, 1.807) is 0 Å². The lowest BCUT2D eigenvalue weighted by atomic mass is 9.86. The number of carbonyl (C=O) groups is 1. The van der Waals surface area contributed by atoms with Crippen molar-refractivity contribution < 1.29 is 19.4 Å². The Balaban J connectivity index is 1.31. The fourth-order valence-electron chi connectivity index (χ4n) is 4.30. The normalized spacial score (nSPS) is 23.6. The number of hydrogen-bond acceptors (Lipinski definition) is 4. The molecule has 2 aromatic rings. The van der Waals surface area contributed by atoms with Crippen LogP contribution < -0.4 is 14.8 Å². The average molecular weight is 395 g/mol. The van der Waals surface area contributed by atoms with E-state index in [1.807, 2.05) is 18.2 Å². The maximum absolute atomic E-state index is 12.0. The van der Waals surface area contributed by atoms with Crippen LogP contribution in [-0.2, 0) is 11.2 Å². The molecule has 4 rings (SSSR count). The molecule has 2 aromatic carbocycles. The van der Waals surface area contributed by atoms with Crippen molar-refractivity contribution in [3.8, 4) is 11.5 Å². The molecule has 154 valence electrons. The number of aryl methyl sites for hydroxylation is 1. The third kappa shape index (κ3) is 4.91. The topological polar surface area (TPSA) is 67.8 Å².